The van der Waals surface area contributed by atoms with E-state index in [1.165, 1.54) is 0 Å². The van der Waals surface area contributed by atoms with Crippen LogP contribution in [-0.4, -0.2) is 23.9 Å². The van der Waals surface area contributed by atoms with Gasteiger partial charge in [-0.1, -0.05) is 29.8 Å². The Balaban J connectivity index is 0.00000162. The molecule has 1 fully saturated rings. The number of anilines is 1. The van der Waals surface area contributed by atoms with Crippen molar-refractivity contribution >= 4 is 39.9 Å². The Hall–Kier alpha value is -0.740. The van der Waals surface area contributed by atoms with E-state index in [2.05, 4.69) is 29.8 Å². The largest absolute Gasteiger partial charge is 0.398 e. The second-order valence-electron chi connectivity index (χ2n) is 5.37. The van der Waals surface area contributed by atoms with E-state index in [0.29, 0.717) is 11.3 Å². The molecule has 0 atom stereocenters. The van der Waals surface area contributed by atoms with Crippen molar-refractivity contribution in [1.29, 1.82) is 0 Å². The van der Waals surface area contributed by atoms with Gasteiger partial charge in [-0.3, -0.25) is 4.79 Å². The van der Waals surface area contributed by atoms with E-state index in [0.717, 1.165) is 24.0 Å². The topological polar surface area (TPSA) is 46.3 Å². The zero-order chi connectivity index (χ0) is 12.6. The minimum absolute atomic E-state index is 0. The van der Waals surface area contributed by atoms with Crippen LogP contribution in [0.4, 0.5) is 5.69 Å². The zero-order valence-corrected chi connectivity index (χ0v) is 13.0. The maximum absolute atomic E-state index is 12.3. The Kier molecular flexibility index (Phi) is 4.67. The summed E-state index contributed by atoms with van der Waals surface area (Å²) in [5, 5.41) is 0. The van der Waals surface area contributed by atoms with Crippen LogP contribution >= 0.6 is 28.3 Å². The minimum Gasteiger partial charge on any atom is -0.398 e. The summed E-state index contributed by atoms with van der Waals surface area (Å²) in [6.07, 6.45) is 1.05. The molecule has 5 heteroatoms. The van der Waals surface area contributed by atoms with E-state index in [4.69, 9.17) is 5.73 Å². The van der Waals surface area contributed by atoms with E-state index in [-0.39, 0.29) is 23.7 Å². The van der Waals surface area contributed by atoms with Crippen molar-refractivity contribution < 1.29 is 4.79 Å². The Morgan fingerprint density at radius 3 is 2.61 bits per heavy atom. The number of benzene rings is 1. The highest BCUT2D eigenvalue weighted by Crippen LogP contribution is 2.30. The average Bonchev–Trinajstić information content (AvgIpc) is 2.58. The number of carbonyl (C=O) groups is 1. The van der Waals surface area contributed by atoms with Gasteiger partial charge in [0.1, 0.15) is 0 Å². The van der Waals surface area contributed by atoms with Crippen LogP contribution in [-0.2, 0) is 0 Å². The predicted octanol–water partition coefficient (Wildman–Crippen LogP) is 3.33. The fourth-order valence-corrected chi connectivity index (χ4v) is 2.56. The number of nitrogens with zero attached hydrogens (tertiary/aromatic N) is 1. The lowest BCUT2D eigenvalue weighted by atomic mass is 9.93. The van der Waals surface area contributed by atoms with Crippen LogP contribution in [0.15, 0.2) is 22.7 Å². The van der Waals surface area contributed by atoms with Crippen molar-refractivity contribution in [3.05, 3.63) is 28.2 Å². The first-order valence-electron chi connectivity index (χ1n) is 5.73. The molecule has 1 aliphatic rings. The molecule has 2 N–H and O–H groups in total. The van der Waals surface area contributed by atoms with Crippen LogP contribution in [0.5, 0.6) is 0 Å². The van der Waals surface area contributed by atoms with Gasteiger partial charge in [-0.25, -0.2) is 0 Å². The highest BCUT2D eigenvalue weighted by atomic mass is 79.9. The number of halogens is 2. The maximum atomic E-state index is 12.3. The molecule has 100 valence electrons. The summed E-state index contributed by atoms with van der Waals surface area (Å²) in [4.78, 5) is 14.2. The third kappa shape index (κ3) is 3.18. The van der Waals surface area contributed by atoms with Gasteiger partial charge in [-0.05, 0) is 30.0 Å². The number of amides is 1. The zero-order valence-electron chi connectivity index (χ0n) is 10.6. The molecule has 0 aliphatic carbocycles. The van der Waals surface area contributed by atoms with Gasteiger partial charge in [0.2, 0.25) is 0 Å². The molecule has 1 saturated heterocycles. The summed E-state index contributed by atoms with van der Waals surface area (Å²) in [5.41, 5.74) is 7.24. The Labute approximate surface area is 122 Å². The van der Waals surface area contributed by atoms with Gasteiger partial charge in [-0.2, -0.15) is 0 Å². The minimum atomic E-state index is 0. The molecule has 0 radical (unpaired) electrons. The van der Waals surface area contributed by atoms with Crippen LogP contribution in [0.1, 0.15) is 30.6 Å². The summed E-state index contributed by atoms with van der Waals surface area (Å²) in [6.45, 7) is 6.00. The molecule has 1 aromatic rings. The number of nitrogens with two attached hydrogens (primary N) is 1. The molecule has 1 aromatic carbocycles. The quantitative estimate of drug-likeness (QED) is 0.801. The molecule has 18 heavy (non-hydrogen) atoms. The Bertz CT molecular complexity index is 462. The molecule has 1 amide bonds. The van der Waals surface area contributed by atoms with Crippen LogP contribution in [0.2, 0.25) is 0 Å². The molecular weight excluding hydrogens is 316 g/mol. The first kappa shape index (κ1) is 15.3. The smallest absolute Gasteiger partial charge is 0.255 e. The SMILES string of the molecule is CC1(C)CCN(C(=O)c2ccc(Br)cc2N)C1.Cl. The first-order chi connectivity index (χ1) is 7.89. The summed E-state index contributed by atoms with van der Waals surface area (Å²) in [5.74, 6) is 0.0422. The van der Waals surface area contributed by atoms with E-state index < -0.39 is 0 Å². The van der Waals surface area contributed by atoms with Gasteiger partial charge < -0.3 is 10.6 Å². The third-order valence-corrected chi connectivity index (χ3v) is 3.70. The number of rotatable bonds is 1. The molecule has 3 nitrogen and oxygen atoms in total. The van der Waals surface area contributed by atoms with E-state index in [9.17, 15) is 4.79 Å². The van der Waals surface area contributed by atoms with Crippen molar-refractivity contribution in [2.75, 3.05) is 18.8 Å². The lowest BCUT2D eigenvalue weighted by molar-refractivity contribution is 0.0779. The van der Waals surface area contributed by atoms with Gasteiger partial charge in [0.15, 0.2) is 0 Å². The number of nitrogen functional groups attached to an aromatic ring is 1. The van der Waals surface area contributed by atoms with Gasteiger partial charge in [0, 0.05) is 23.2 Å². The normalized spacial score (nSPS) is 17.4. The van der Waals surface area contributed by atoms with E-state index in [1.54, 1.807) is 12.1 Å². The molecule has 1 aliphatic heterocycles. The molecule has 0 aromatic heterocycles. The standard InChI is InChI=1S/C13H17BrN2O.ClH/c1-13(2)5-6-16(8-13)12(17)10-4-3-9(14)7-11(10)15;/h3-4,7H,5-6,8,15H2,1-2H3;1H. The summed E-state index contributed by atoms with van der Waals surface area (Å²) < 4.78 is 0.897. The van der Waals surface area contributed by atoms with Crippen molar-refractivity contribution in [3.8, 4) is 0 Å². The lowest BCUT2D eigenvalue weighted by Gasteiger charge is -2.20. The third-order valence-electron chi connectivity index (χ3n) is 3.21. The molecule has 2 rings (SSSR count). The van der Waals surface area contributed by atoms with Gasteiger partial charge in [0.05, 0.1) is 5.56 Å². The Morgan fingerprint density at radius 1 is 1.44 bits per heavy atom. The number of hydrogen-bond donors (Lipinski definition) is 1. The van der Waals surface area contributed by atoms with E-state index in [1.807, 2.05) is 11.0 Å². The van der Waals surface area contributed by atoms with Crippen molar-refractivity contribution in [3.63, 3.8) is 0 Å². The highest BCUT2D eigenvalue weighted by Gasteiger charge is 2.32. The van der Waals surface area contributed by atoms with Crippen molar-refractivity contribution in [2.24, 2.45) is 5.41 Å². The summed E-state index contributed by atoms with van der Waals surface area (Å²) in [6, 6.07) is 5.41. The van der Waals surface area contributed by atoms with Crippen molar-refractivity contribution in [2.45, 2.75) is 20.3 Å². The van der Waals surface area contributed by atoms with Gasteiger partial charge in [-0.15, -0.1) is 12.4 Å². The summed E-state index contributed by atoms with van der Waals surface area (Å²) in [7, 11) is 0. The molecule has 0 unspecified atom stereocenters. The van der Waals surface area contributed by atoms with Crippen LogP contribution in [0, 0.1) is 5.41 Å². The van der Waals surface area contributed by atoms with Crippen LogP contribution in [0.3, 0.4) is 0 Å². The average molecular weight is 334 g/mol. The fraction of sp³-hybridized carbons (Fsp3) is 0.462. The second kappa shape index (κ2) is 5.49. The highest BCUT2D eigenvalue weighted by molar-refractivity contribution is 9.10. The van der Waals surface area contributed by atoms with Gasteiger partial charge in [0.25, 0.3) is 5.91 Å². The van der Waals surface area contributed by atoms with Crippen LogP contribution in [0.25, 0.3) is 0 Å². The second-order valence-corrected chi connectivity index (χ2v) is 6.29. The molecule has 0 spiro atoms. The maximum Gasteiger partial charge on any atom is 0.255 e. The number of hydrogen-bond acceptors (Lipinski definition) is 2. The summed E-state index contributed by atoms with van der Waals surface area (Å²) >= 11 is 3.34. The molecule has 0 bridgehead atoms. The van der Waals surface area contributed by atoms with Gasteiger partial charge >= 0.3 is 0 Å². The molecule has 1 heterocycles. The number of carbonyl (C=O) groups excluding carboxylic acids is 1. The Morgan fingerprint density at radius 2 is 2.11 bits per heavy atom. The fourth-order valence-electron chi connectivity index (χ4n) is 2.18. The monoisotopic (exact) mass is 332 g/mol. The van der Waals surface area contributed by atoms with E-state index >= 15 is 0 Å². The van der Waals surface area contributed by atoms with Crippen LogP contribution < -0.4 is 5.73 Å². The lowest BCUT2D eigenvalue weighted by Crippen LogP contribution is -2.30. The molecule has 0 saturated carbocycles. The predicted molar refractivity (Wildman–Crippen MR) is 80.1 cm³/mol. The van der Waals surface area contributed by atoms with Crippen molar-refractivity contribution in [1.82, 2.24) is 4.90 Å². The first-order valence-corrected chi connectivity index (χ1v) is 6.53. The molecular formula is C13H18BrClN2O. The number of likely N-dealkylation sites (tertiary alicyclic amines) is 1.